The third-order valence-corrected chi connectivity index (χ3v) is 10.9. The molecule has 0 aliphatic carbocycles. The summed E-state index contributed by atoms with van der Waals surface area (Å²) in [5.41, 5.74) is 5.87. The average molecular weight is 677 g/mol. The van der Waals surface area contributed by atoms with Gasteiger partial charge in [-0.05, 0) is 118 Å². The van der Waals surface area contributed by atoms with Gasteiger partial charge in [-0.3, -0.25) is 4.79 Å². The lowest BCUT2D eigenvalue weighted by Gasteiger charge is -2.38. The van der Waals surface area contributed by atoms with Gasteiger partial charge in [-0.25, -0.2) is 4.79 Å². The van der Waals surface area contributed by atoms with Gasteiger partial charge in [0.1, 0.15) is 17.1 Å². The number of fused-ring (bicyclic) bond motifs is 1. The Morgan fingerprint density at radius 2 is 1.37 bits per heavy atom. The Morgan fingerprint density at radius 1 is 0.776 bits per heavy atom. The van der Waals surface area contributed by atoms with Crippen LogP contribution in [0.4, 0.5) is 0 Å². The van der Waals surface area contributed by atoms with E-state index in [0.717, 1.165) is 77.0 Å². The number of hydrogen-bond acceptors (Lipinski definition) is 5. The molecule has 49 heavy (non-hydrogen) atoms. The van der Waals surface area contributed by atoms with Gasteiger partial charge in [-0.1, -0.05) is 111 Å². The Hall–Kier alpha value is -2.82. The number of benzene rings is 2. The van der Waals surface area contributed by atoms with Crippen LogP contribution in [-0.4, -0.2) is 24.1 Å². The number of esters is 2. The molecular formula is C44H68O5. The van der Waals surface area contributed by atoms with E-state index in [2.05, 4.69) is 67.5 Å². The summed E-state index contributed by atoms with van der Waals surface area (Å²) in [7, 11) is 0. The lowest BCUT2D eigenvalue weighted by atomic mass is 9.83. The molecule has 0 aromatic heterocycles. The molecule has 274 valence electrons. The lowest BCUT2D eigenvalue weighted by molar-refractivity contribution is -0.154. The molecule has 0 spiro atoms. The van der Waals surface area contributed by atoms with Crippen LogP contribution in [0.2, 0.25) is 0 Å². The van der Waals surface area contributed by atoms with Crippen molar-refractivity contribution in [1.82, 2.24) is 0 Å². The predicted molar refractivity (Wildman–Crippen MR) is 203 cm³/mol. The number of carbonyl (C=O) groups is 2. The van der Waals surface area contributed by atoms with Crippen LogP contribution in [0, 0.1) is 44.4 Å². The van der Waals surface area contributed by atoms with Gasteiger partial charge < -0.3 is 14.2 Å². The molecule has 0 saturated carbocycles. The highest BCUT2D eigenvalue weighted by Crippen LogP contribution is 2.45. The number of rotatable bonds is 19. The summed E-state index contributed by atoms with van der Waals surface area (Å²) in [4.78, 5) is 25.7. The monoisotopic (exact) mass is 677 g/mol. The van der Waals surface area contributed by atoms with E-state index < -0.39 is 24.5 Å². The summed E-state index contributed by atoms with van der Waals surface area (Å²) < 4.78 is 18.0. The molecule has 5 heteroatoms. The minimum absolute atomic E-state index is 0.195. The molecule has 0 bridgehead atoms. The Labute approximate surface area is 299 Å². The fraction of sp³-hybridized carbons (Fsp3) is 0.682. The van der Waals surface area contributed by atoms with Crippen LogP contribution in [0.25, 0.3) is 0 Å². The molecule has 3 rings (SSSR count). The van der Waals surface area contributed by atoms with Crippen molar-refractivity contribution in [2.75, 3.05) is 6.61 Å². The van der Waals surface area contributed by atoms with E-state index >= 15 is 0 Å². The van der Waals surface area contributed by atoms with E-state index in [0.29, 0.717) is 11.7 Å². The second-order valence-electron chi connectivity index (χ2n) is 16.6. The van der Waals surface area contributed by atoms with E-state index in [9.17, 15) is 9.59 Å². The normalized spacial score (nSPS) is 17.7. The maximum atomic E-state index is 12.9. The zero-order valence-corrected chi connectivity index (χ0v) is 32.9. The zero-order valence-electron chi connectivity index (χ0n) is 32.9. The first-order chi connectivity index (χ1) is 23.1. The van der Waals surface area contributed by atoms with Gasteiger partial charge in [-0.2, -0.15) is 0 Å². The highest BCUT2D eigenvalue weighted by molar-refractivity contribution is 5.82. The van der Waals surface area contributed by atoms with E-state index in [1.165, 1.54) is 56.9 Å². The minimum Gasteiger partial charge on any atom is -0.487 e. The number of carbonyl (C=O) groups excluding carboxylic acids is 2. The summed E-state index contributed by atoms with van der Waals surface area (Å²) in [6, 6.07) is 8.06. The van der Waals surface area contributed by atoms with E-state index in [1.54, 1.807) is 6.92 Å². The van der Waals surface area contributed by atoms with Crippen LogP contribution < -0.4 is 9.47 Å². The number of ether oxygens (including phenoxy) is 3. The first kappa shape index (κ1) is 40.6. The molecule has 0 radical (unpaired) electrons. The molecule has 0 fully saturated rings. The Bertz CT molecular complexity index is 1360. The maximum Gasteiger partial charge on any atom is 0.349 e. The van der Waals surface area contributed by atoms with Gasteiger partial charge in [0.15, 0.2) is 6.61 Å². The van der Waals surface area contributed by atoms with Gasteiger partial charge in [0.05, 0.1) is 5.92 Å². The average Bonchev–Trinajstić information content (AvgIpc) is 3.04. The van der Waals surface area contributed by atoms with Gasteiger partial charge in [0.2, 0.25) is 0 Å². The fourth-order valence-electron chi connectivity index (χ4n) is 7.36. The van der Waals surface area contributed by atoms with Crippen molar-refractivity contribution < 1.29 is 23.8 Å². The molecule has 2 aromatic rings. The molecule has 1 aliphatic heterocycles. The minimum atomic E-state index is -0.574. The fourth-order valence-corrected chi connectivity index (χ4v) is 7.36. The van der Waals surface area contributed by atoms with Crippen LogP contribution >= 0.6 is 0 Å². The van der Waals surface area contributed by atoms with Crippen molar-refractivity contribution in [3.8, 4) is 11.5 Å². The van der Waals surface area contributed by atoms with Crippen LogP contribution in [0.5, 0.6) is 11.5 Å². The SMILES string of the molecule is Cc1c(C)c2c(c(C)c1OC(=O)COC(=O)C(C)c1ccc(CC(C)C)cc1)CC[C@@](C)(CCC[C@H](C)CCC[C@H](C)CCCC(C)C)O2. The van der Waals surface area contributed by atoms with Crippen LogP contribution in [0.15, 0.2) is 24.3 Å². The van der Waals surface area contributed by atoms with Gasteiger partial charge in [0.25, 0.3) is 0 Å². The van der Waals surface area contributed by atoms with Crippen molar-refractivity contribution in [2.24, 2.45) is 23.7 Å². The summed E-state index contributed by atoms with van der Waals surface area (Å²) >= 11 is 0. The highest BCUT2D eigenvalue weighted by Gasteiger charge is 2.35. The van der Waals surface area contributed by atoms with Crippen LogP contribution in [-0.2, 0) is 27.2 Å². The first-order valence-electron chi connectivity index (χ1n) is 19.4. The van der Waals surface area contributed by atoms with E-state index in [-0.39, 0.29) is 5.60 Å². The molecule has 4 atom stereocenters. The third-order valence-electron chi connectivity index (χ3n) is 10.9. The second kappa shape index (κ2) is 19.0. The molecule has 1 aliphatic rings. The predicted octanol–water partition coefficient (Wildman–Crippen LogP) is 11.6. The molecule has 2 aromatic carbocycles. The van der Waals surface area contributed by atoms with Crippen molar-refractivity contribution in [1.29, 1.82) is 0 Å². The van der Waals surface area contributed by atoms with Crippen molar-refractivity contribution in [2.45, 2.75) is 165 Å². The van der Waals surface area contributed by atoms with Crippen molar-refractivity contribution in [3.05, 3.63) is 57.6 Å². The number of hydrogen-bond donors (Lipinski definition) is 0. The summed E-state index contributed by atoms with van der Waals surface area (Å²) in [5.74, 6) is 3.00. The summed E-state index contributed by atoms with van der Waals surface area (Å²) in [6.07, 6.45) is 14.4. The molecule has 1 unspecified atom stereocenters. The highest BCUT2D eigenvalue weighted by atomic mass is 16.6. The van der Waals surface area contributed by atoms with Crippen molar-refractivity contribution in [3.63, 3.8) is 0 Å². The Kier molecular flexibility index (Phi) is 15.7. The standard InChI is InChI=1S/C44H68O5/c1-29(2)15-12-16-31(5)17-13-18-32(6)19-14-25-44(11)26-24-39-36(10)41(33(7)34(8)42(39)49-44)48-40(45)28-47-43(46)35(9)38-22-20-37(21-23-38)27-30(3)4/h20-23,29-32,35H,12-19,24-28H2,1-11H3/t31-,32-,35?,44-/m1/s1. The van der Waals surface area contributed by atoms with Gasteiger partial charge >= 0.3 is 11.9 Å². The smallest absolute Gasteiger partial charge is 0.349 e. The molecule has 5 nitrogen and oxygen atoms in total. The lowest BCUT2D eigenvalue weighted by Crippen LogP contribution is -2.37. The van der Waals surface area contributed by atoms with Crippen LogP contribution in [0.3, 0.4) is 0 Å². The molecule has 1 heterocycles. The molecule has 0 saturated heterocycles. The van der Waals surface area contributed by atoms with Gasteiger partial charge in [0, 0.05) is 5.56 Å². The van der Waals surface area contributed by atoms with Gasteiger partial charge in [-0.15, -0.1) is 0 Å². The molecule has 0 N–H and O–H groups in total. The molecular weight excluding hydrogens is 608 g/mol. The summed E-state index contributed by atoms with van der Waals surface area (Å²) in [5, 5.41) is 0. The van der Waals surface area contributed by atoms with Crippen LogP contribution in [0.1, 0.15) is 159 Å². The Balaban J connectivity index is 1.49. The molecule has 0 amide bonds. The quantitative estimate of drug-likeness (QED) is 0.109. The van der Waals surface area contributed by atoms with E-state index in [4.69, 9.17) is 14.2 Å². The summed E-state index contributed by atoms with van der Waals surface area (Å²) in [6.45, 7) is 23.5. The Morgan fingerprint density at radius 3 is 1.96 bits per heavy atom. The second-order valence-corrected chi connectivity index (χ2v) is 16.6. The zero-order chi connectivity index (χ0) is 36.3. The van der Waals surface area contributed by atoms with Crippen molar-refractivity contribution >= 4 is 11.9 Å². The third kappa shape index (κ3) is 12.5. The van der Waals surface area contributed by atoms with E-state index in [1.807, 2.05) is 26.0 Å². The largest absolute Gasteiger partial charge is 0.487 e. The maximum absolute atomic E-state index is 12.9. The first-order valence-corrected chi connectivity index (χ1v) is 19.4. The topological polar surface area (TPSA) is 61.8 Å².